The van der Waals surface area contributed by atoms with E-state index in [4.69, 9.17) is 4.74 Å². The molecule has 1 aromatic heterocycles. The van der Waals surface area contributed by atoms with Crippen LogP contribution in [0, 0.1) is 5.92 Å². The third-order valence-corrected chi connectivity index (χ3v) is 2.95. The molecular weight excluding hydrogens is 250 g/mol. The molecule has 0 amide bonds. The largest absolute Gasteiger partial charge is 0.494 e. The van der Waals surface area contributed by atoms with Crippen LogP contribution < -0.4 is 10.1 Å². The molecule has 0 bridgehead atoms. The van der Waals surface area contributed by atoms with E-state index in [2.05, 4.69) is 29.1 Å². The molecule has 1 aromatic carbocycles. The lowest BCUT2D eigenvalue weighted by Gasteiger charge is -2.05. The van der Waals surface area contributed by atoms with Gasteiger partial charge in [0.05, 0.1) is 25.0 Å². The topological polar surface area (TPSA) is 49.9 Å². The molecule has 0 unspecified atom stereocenters. The summed E-state index contributed by atoms with van der Waals surface area (Å²) in [4.78, 5) is 7.74. The predicted molar refractivity (Wildman–Crippen MR) is 81.7 cm³/mol. The molecule has 20 heavy (non-hydrogen) atoms. The number of ether oxygens (including phenoxy) is 1. The van der Waals surface area contributed by atoms with Gasteiger partial charge < -0.3 is 15.0 Å². The van der Waals surface area contributed by atoms with Crippen LogP contribution in [0.4, 0.5) is 0 Å². The lowest BCUT2D eigenvalue weighted by atomic mass is 10.2. The standard InChI is InChI=1S/C16H23N3O/c1-4-20-14-7-5-13(6-8-14)15-10-18-16(19-15)11-17-9-12(2)3/h5-8,10,12,17H,4,9,11H2,1-3H3,(H,18,19). The summed E-state index contributed by atoms with van der Waals surface area (Å²) in [5.74, 6) is 2.51. The number of H-pyrrole nitrogens is 1. The van der Waals surface area contributed by atoms with E-state index in [9.17, 15) is 0 Å². The first-order chi connectivity index (χ1) is 9.69. The fraction of sp³-hybridized carbons (Fsp3) is 0.438. The summed E-state index contributed by atoms with van der Waals surface area (Å²) in [6, 6.07) is 8.06. The molecule has 2 rings (SSSR count). The van der Waals surface area contributed by atoms with Gasteiger partial charge in [-0.15, -0.1) is 0 Å². The molecule has 0 radical (unpaired) electrons. The Bertz CT molecular complexity index is 517. The quantitative estimate of drug-likeness (QED) is 0.814. The smallest absolute Gasteiger partial charge is 0.120 e. The summed E-state index contributed by atoms with van der Waals surface area (Å²) in [7, 11) is 0. The maximum atomic E-state index is 5.44. The van der Waals surface area contributed by atoms with Crippen molar-refractivity contribution in [3.8, 4) is 17.0 Å². The lowest BCUT2D eigenvalue weighted by molar-refractivity contribution is 0.340. The second-order valence-corrected chi connectivity index (χ2v) is 5.23. The summed E-state index contributed by atoms with van der Waals surface area (Å²) < 4.78 is 5.44. The third-order valence-electron chi connectivity index (χ3n) is 2.95. The van der Waals surface area contributed by atoms with Crippen molar-refractivity contribution in [2.24, 2.45) is 5.92 Å². The Morgan fingerprint density at radius 1 is 1.25 bits per heavy atom. The highest BCUT2D eigenvalue weighted by Gasteiger charge is 2.04. The molecule has 0 aliphatic carbocycles. The van der Waals surface area contributed by atoms with Crippen LogP contribution in [0.2, 0.25) is 0 Å². The van der Waals surface area contributed by atoms with Crippen molar-refractivity contribution in [2.45, 2.75) is 27.3 Å². The van der Waals surface area contributed by atoms with Crippen LogP contribution in [0.15, 0.2) is 30.5 Å². The van der Waals surface area contributed by atoms with E-state index in [1.807, 2.05) is 37.4 Å². The molecule has 0 atom stereocenters. The SMILES string of the molecule is CCOc1ccc(-c2cnc(CNCC(C)C)[nH]2)cc1. The monoisotopic (exact) mass is 273 g/mol. The normalized spacial score (nSPS) is 11.0. The van der Waals surface area contributed by atoms with E-state index < -0.39 is 0 Å². The first kappa shape index (κ1) is 14.6. The number of aromatic amines is 1. The first-order valence-corrected chi connectivity index (χ1v) is 7.17. The number of nitrogens with one attached hydrogen (secondary N) is 2. The van der Waals surface area contributed by atoms with Gasteiger partial charge in [0.1, 0.15) is 11.6 Å². The molecular formula is C16H23N3O. The number of hydrogen-bond donors (Lipinski definition) is 2. The van der Waals surface area contributed by atoms with E-state index in [0.717, 1.165) is 35.9 Å². The highest BCUT2D eigenvalue weighted by atomic mass is 16.5. The minimum Gasteiger partial charge on any atom is -0.494 e. The Kier molecular flexibility index (Phi) is 5.18. The predicted octanol–water partition coefficient (Wildman–Crippen LogP) is 3.22. The van der Waals surface area contributed by atoms with Crippen LogP contribution in [-0.2, 0) is 6.54 Å². The molecule has 0 spiro atoms. The Balaban J connectivity index is 1.97. The number of benzene rings is 1. The van der Waals surface area contributed by atoms with Gasteiger partial charge in [-0.2, -0.15) is 0 Å². The van der Waals surface area contributed by atoms with Gasteiger partial charge in [0.25, 0.3) is 0 Å². The van der Waals surface area contributed by atoms with Gasteiger partial charge in [-0.05, 0) is 49.2 Å². The van der Waals surface area contributed by atoms with Crippen LogP contribution in [0.5, 0.6) is 5.75 Å². The van der Waals surface area contributed by atoms with Crippen LogP contribution in [0.1, 0.15) is 26.6 Å². The second-order valence-electron chi connectivity index (χ2n) is 5.23. The minimum atomic E-state index is 0.649. The van der Waals surface area contributed by atoms with Gasteiger partial charge in [-0.3, -0.25) is 0 Å². The van der Waals surface area contributed by atoms with Gasteiger partial charge >= 0.3 is 0 Å². The van der Waals surface area contributed by atoms with Crippen LogP contribution in [0.3, 0.4) is 0 Å². The van der Waals surface area contributed by atoms with Crippen LogP contribution in [-0.4, -0.2) is 23.1 Å². The second kappa shape index (κ2) is 7.10. The number of aromatic nitrogens is 2. The maximum Gasteiger partial charge on any atom is 0.120 e. The van der Waals surface area contributed by atoms with E-state index in [-0.39, 0.29) is 0 Å². The van der Waals surface area contributed by atoms with E-state index in [0.29, 0.717) is 12.5 Å². The summed E-state index contributed by atoms with van der Waals surface area (Å²) in [5.41, 5.74) is 2.16. The van der Waals surface area contributed by atoms with Crippen molar-refractivity contribution in [1.29, 1.82) is 0 Å². The average Bonchev–Trinajstić information content (AvgIpc) is 2.88. The molecule has 4 nitrogen and oxygen atoms in total. The van der Waals surface area contributed by atoms with E-state index >= 15 is 0 Å². The van der Waals surface area contributed by atoms with Crippen molar-refractivity contribution in [1.82, 2.24) is 15.3 Å². The molecule has 1 heterocycles. The van der Waals surface area contributed by atoms with Crippen molar-refractivity contribution in [3.05, 3.63) is 36.3 Å². The molecule has 4 heteroatoms. The summed E-state index contributed by atoms with van der Waals surface area (Å²) in [6.07, 6.45) is 1.88. The number of hydrogen-bond acceptors (Lipinski definition) is 3. The Labute approximate surface area is 120 Å². The molecule has 0 aliphatic heterocycles. The van der Waals surface area contributed by atoms with Crippen molar-refractivity contribution >= 4 is 0 Å². The molecule has 0 saturated carbocycles. The van der Waals surface area contributed by atoms with Gasteiger partial charge in [0.2, 0.25) is 0 Å². The van der Waals surface area contributed by atoms with Crippen LogP contribution in [0.25, 0.3) is 11.3 Å². The lowest BCUT2D eigenvalue weighted by Crippen LogP contribution is -2.19. The summed E-state index contributed by atoms with van der Waals surface area (Å²) >= 11 is 0. The van der Waals surface area contributed by atoms with Crippen LogP contribution >= 0.6 is 0 Å². The highest BCUT2D eigenvalue weighted by molar-refractivity contribution is 5.59. The summed E-state index contributed by atoms with van der Waals surface area (Å²) in [5, 5.41) is 3.38. The number of imidazole rings is 1. The first-order valence-electron chi connectivity index (χ1n) is 7.17. The molecule has 2 aromatic rings. The van der Waals surface area contributed by atoms with E-state index in [1.165, 1.54) is 0 Å². The van der Waals surface area contributed by atoms with Crippen molar-refractivity contribution in [2.75, 3.05) is 13.2 Å². The maximum absolute atomic E-state index is 5.44. The number of rotatable bonds is 7. The average molecular weight is 273 g/mol. The molecule has 0 aliphatic rings. The van der Waals surface area contributed by atoms with Crippen molar-refractivity contribution < 1.29 is 4.74 Å². The Morgan fingerprint density at radius 2 is 2.00 bits per heavy atom. The highest BCUT2D eigenvalue weighted by Crippen LogP contribution is 2.20. The molecule has 2 N–H and O–H groups in total. The fourth-order valence-corrected chi connectivity index (χ4v) is 1.98. The minimum absolute atomic E-state index is 0.649. The fourth-order valence-electron chi connectivity index (χ4n) is 1.98. The van der Waals surface area contributed by atoms with Gasteiger partial charge in [0, 0.05) is 0 Å². The van der Waals surface area contributed by atoms with Gasteiger partial charge in [-0.25, -0.2) is 4.98 Å². The van der Waals surface area contributed by atoms with Gasteiger partial charge in [-0.1, -0.05) is 13.8 Å². The molecule has 0 saturated heterocycles. The van der Waals surface area contributed by atoms with Crippen molar-refractivity contribution in [3.63, 3.8) is 0 Å². The van der Waals surface area contributed by atoms with E-state index in [1.54, 1.807) is 0 Å². The molecule has 0 fully saturated rings. The van der Waals surface area contributed by atoms with Gasteiger partial charge in [0.15, 0.2) is 0 Å². The third kappa shape index (κ3) is 4.10. The summed E-state index contributed by atoms with van der Waals surface area (Å²) in [6.45, 7) is 8.84. The zero-order chi connectivity index (χ0) is 14.4. The zero-order valence-electron chi connectivity index (χ0n) is 12.4. The Hall–Kier alpha value is -1.81. The molecule has 108 valence electrons. The zero-order valence-corrected chi connectivity index (χ0v) is 12.4. The Morgan fingerprint density at radius 3 is 2.65 bits per heavy atom. The number of nitrogens with zero attached hydrogens (tertiary/aromatic N) is 1.